The lowest BCUT2D eigenvalue weighted by Gasteiger charge is -2.34. The Balaban J connectivity index is 1.28. The Hall–Kier alpha value is -3.39. The van der Waals surface area contributed by atoms with E-state index < -0.39 is 0 Å². The molecule has 0 aliphatic carbocycles. The third kappa shape index (κ3) is 5.82. The van der Waals surface area contributed by atoms with E-state index in [9.17, 15) is 0 Å². The Labute approximate surface area is 183 Å². The molecule has 2 heterocycles. The minimum Gasteiger partial charge on any atom is -0.497 e. The molecular formula is C23H29N7O. The summed E-state index contributed by atoms with van der Waals surface area (Å²) < 4.78 is 5.19. The van der Waals surface area contributed by atoms with E-state index in [1.165, 1.54) is 17.6 Å². The summed E-state index contributed by atoms with van der Waals surface area (Å²) in [5, 5.41) is 6.51. The van der Waals surface area contributed by atoms with Crippen molar-refractivity contribution in [3.8, 4) is 5.75 Å². The Kier molecular flexibility index (Phi) is 6.78. The molecule has 1 fully saturated rings. The van der Waals surface area contributed by atoms with Crippen LogP contribution >= 0.6 is 0 Å². The molecule has 8 nitrogen and oxygen atoms in total. The van der Waals surface area contributed by atoms with Crippen LogP contribution in [-0.4, -0.2) is 60.2 Å². The van der Waals surface area contributed by atoms with Crippen LogP contribution < -0.4 is 20.3 Å². The zero-order valence-electron chi connectivity index (χ0n) is 18.1. The van der Waals surface area contributed by atoms with Crippen LogP contribution in [0, 0.1) is 0 Å². The third-order valence-electron chi connectivity index (χ3n) is 5.44. The minimum absolute atomic E-state index is 0.540. The number of hydrogen-bond acceptors (Lipinski definition) is 8. The standard InChI is InChI=1S/C23H29N7O/c1-29-11-13-30(14-12-29)20-7-3-18(4-8-20)15-24-22-26-17-27-23(28-22)25-16-19-5-9-21(31-2)10-6-19/h3-10,17H,11-16H2,1-2H3,(H2,24,25,26,27,28). The number of anilines is 3. The van der Waals surface area contributed by atoms with Crippen molar-refractivity contribution in [2.24, 2.45) is 0 Å². The van der Waals surface area contributed by atoms with Gasteiger partial charge in [-0.05, 0) is 42.4 Å². The number of benzene rings is 2. The molecular weight excluding hydrogens is 390 g/mol. The average Bonchev–Trinajstić information content (AvgIpc) is 2.83. The van der Waals surface area contributed by atoms with E-state index in [0.717, 1.165) is 37.5 Å². The van der Waals surface area contributed by atoms with Crippen molar-refractivity contribution in [3.63, 3.8) is 0 Å². The fraction of sp³-hybridized carbons (Fsp3) is 0.348. The van der Waals surface area contributed by atoms with Crippen molar-refractivity contribution in [2.45, 2.75) is 13.1 Å². The summed E-state index contributed by atoms with van der Waals surface area (Å²) in [7, 11) is 3.84. The molecule has 162 valence electrons. The van der Waals surface area contributed by atoms with Crippen molar-refractivity contribution in [1.82, 2.24) is 19.9 Å². The van der Waals surface area contributed by atoms with Crippen LogP contribution in [0.25, 0.3) is 0 Å². The van der Waals surface area contributed by atoms with E-state index in [-0.39, 0.29) is 0 Å². The topological polar surface area (TPSA) is 78.4 Å². The van der Waals surface area contributed by atoms with Crippen LogP contribution in [0.2, 0.25) is 0 Å². The number of nitrogens with one attached hydrogen (secondary N) is 2. The van der Waals surface area contributed by atoms with E-state index in [4.69, 9.17) is 4.74 Å². The Bertz CT molecular complexity index is 954. The zero-order chi connectivity index (χ0) is 21.5. The summed E-state index contributed by atoms with van der Waals surface area (Å²) in [5.41, 5.74) is 3.59. The van der Waals surface area contributed by atoms with Crippen LogP contribution in [0.4, 0.5) is 17.6 Å². The molecule has 2 N–H and O–H groups in total. The second-order valence-corrected chi connectivity index (χ2v) is 7.64. The van der Waals surface area contributed by atoms with E-state index in [1.807, 2.05) is 24.3 Å². The summed E-state index contributed by atoms with van der Waals surface area (Å²) in [6.45, 7) is 5.65. The van der Waals surface area contributed by atoms with Gasteiger partial charge in [-0.2, -0.15) is 4.98 Å². The summed E-state index contributed by atoms with van der Waals surface area (Å²) >= 11 is 0. The number of ether oxygens (including phenoxy) is 1. The molecule has 1 aromatic heterocycles. The molecule has 0 bridgehead atoms. The Morgan fingerprint density at radius 2 is 1.35 bits per heavy atom. The highest BCUT2D eigenvalue weighted by molar-refractivity contribution is 5.48. The van der Waals surface area contributed by atoms with Crippen LogP contribution in [0.3, 0.4) is 0 Å². The van der Waals surface area contributed by atoms with Gasteiger partial charge >= 0.3 is 0 Å². The van der Waals surface area contributed by atoms with Crippen LogP contribution in [-0.2, 0) is 13.1 Å². The molecule has 1 aliphatic heterocycles. The molecule has 0 amide bonds. The number of methoxy groups -OCH3 is 1. The fourth-order valence-electron chi connectivity index (χ4n) is 3.46. The predicted octanol–water partition coefficient (Wildman–Crippen LogP) is 2.86. The van der Waals surface area contributed by atoms with Gasteiger partial charge in [-0.25, -0.2) is 9.97 Å². The van der Waals surface area contributed by atoms with Gasteiger partial charge in [0.15, 0.2) is 0 Å². The molecule has 1 saturated heterocycles. The van der Waals surface area contributed by atoms with Gasteiger partial charge in [0.05, 0.1) is 7.11 Å². The first-order chi connectivity index (χ1) is 15.2. The highest BCUT2D eigenvalue weighted by atomic mass is 16.5. The lowest BCUT2D eigenvalue weighted by atomic mass is 10.2. The lowest BCUT2D eigenvalue weighted by Crippen LogP contribution is -2.44. The van der Waals surface area contributed by atoms with Gasteiger partial charge < -0.3 is 25.2 Å². The number of aromatic nitrogens is 3. The first-order valence-corrected chi connectivity index (χ1v) is 10.5. The van der Waals surface area contributed by atoms with Gasteiger partial charge in [-0.3, -0.25) is 0 Å². The van der Waals surface area contributed by atoms with E-state index in [1.54, 1.807) is 7.11 Å². The van der Waals surface area contributed by atoms with E-state index >= 15 is 0 Å². The first-order valence-electron chi connectivity index (χ1n) is 10.5. The Morgan fingerprint density at radius 1 is 0.806 bits per heavy atom. The average molecular weight is 420 g/mol. The molecule has 8 heteroatoms. The lowest BCUT2D eigenvalue weighted by molar-refractivity contribution is 0.313. The largest absolute Gasteiger partial charge is 0.497 e. The molecule has 0 atom stereocenters. The second-order valence-electron chi connectivity index (χ2n) is 7.64. The molecule has 0 radical (unpaired) electrons. The highest BCUT2D eigenvalue weighted by Gasteiger charge is 2.13. The molecule has 4 rings (SSSR count). The molecule has 31 heavy (non-hydrogen) atoms. The van der Waals surface area contributed by atoms with E-state index in [2.05, 4.69) is 66.7 Å². The van der Waals surface area contributed by atoms with Gasteiger partial charge in [0.25, 0.3) is 0 Å². The molecule has 3 aromatic rings. The van der Waals surface area contributed by atoms with Crippen molar-refractivity contribution >= 4 is 17.6 Å². The first kappa shape index (κ1) is 20.9. The summed E-state index contributed by atoms with van der Waals surface area (Å²) in [5.74, 6) is 1.93. The predicted molar refractivity (Wildman–Crippen MR) is 124 cm³/mol. The van der Waals surface area contributed by atoms with Crippen molar-refractivity contribution in [1.29, 1.82) is 0 Å². The van der Waals surface area contributed by atoms with Crippen LogP contribution in [0.5, 0.6) is 5.75 Å². The van der Waals surface area contributed by atoms with Crippen LogP contribution in [0.1, 0.15) is 11.1 Å². The van der Waals surface area contributed by atoms with Gasteiger partial charge in [0.2, 0.25) is 11.9 Å². The van der Waals surface area contributed by atoms with Crippen LogP contribution in [0.15, 0.2) is 54.9 Å². The summed E-state index contributed by atoms with van der Waals surface area (Å²) in [6.07, 6.45) is 1.52. The number of piperazine rings is 1. The second kappa shape index (κ2) is 10.1. The monoisotopic (exact) mass is 419 g/mol. The number of likely N-dealkylation sites (N-methyl/N-ethyl adjacent to an activating group) is 1. The molecule has 1 aliphatic rings. The number of nitrogens with zero attached hydrogens (tertiary/aromatic N) is 5. The molecule has 0 spiro atoms. The van der Waals surface area contributed by atoms with Crippen molar-refractivity contribution in [3.05, 3.63) is 66.0 Å². The normalized spacial score (nSPS) is 14.3. The van der Waals surface area contributed by atoms with Gasteiger partial charge in [0, 0.05) is 45.0 Å². The summed E-state index contributed by atoms with van der Waals surface area (Å²) in [6, 6.07) is 16.6. The van der Waals surface area contributed by atoms with Gasteiger partial charge in [-0.15, -0.1) is 0 Å². The highest BCUT2D eigenvalue weighted by Crippen LogP contribution is 2.18. The molecule has 0 saturated carbocycles. The fourth-order valence-corrected chi connectivity index (χ4v) is 3.46. The quantitative estimate of drug-likeness (QED) is 0.577. The molecule has 2 aromatic carbocycles. The molecule has 0 unspecified atom stereocenters. The number of hydrogen-bond donors (Lipinski definition) is 2. The summed E-state index contributed by atoms with van der Waals surface area (Å²) in [4.78, 5) is 17.7. The number of rotatable bonds is 8. The maximum Gasteiger partial charge on any atom is 0.227 e. The SMILES string of the molecule is COc1ccc(CNc2ncnc(NCc3ccc(N4CCN(C)CC4)cc3)n2)cc1. The van der Waals surface area contributed by atoms with Gasteiger partial charge in [0.1, 0.15) is 12.1 Å². The van der Waals surface area contributed by atoms with Gasteiger partial charge in [-0.1, -0.05) is 24.3 Å². The maximum atomic E-state index is 5.19. The van der Waals surface area contributed by atoms with Crippen molar-refractivity contribution < 1.29 is 4.74 Å². The Morgan fingerprint density at radius 3 is 1.90 bits per heavy atom. The smallest absolute Gasteiger partial charge is 0.227 e. The maximum absolute atomic E-state index is 5.19. The minimum atomic E-state index is 0.540. The zero-order valence-corrected chi connectivity index (χ0v) is 18.1. The van der Waals surface area contributed by atoms with E-state index in [0.29, 0.717) is 25.0 Å². The van der Waals surface area contributed by atoms with Crippen molar-refractivity contribution in [2.75, 3.05) is 55.9 Å². The third-order valence-corrected chi connectivity index (χ3v) is 5.44.